The fourth-order valence-corrected chi connectivity index (χ4v) is 2.89. The number of rotatable bonds is 5. The maximum atomic E-state index is 12.0. The van der Waals surface area contributed by atoms with E-state index in [2.05, 4.69) is 26.6 Å². The number of hydrogen-bond acceptors (Lipinski definition) is 4. The van der Waals surface area contributed by atoms with Gasteiger partial charge in [0.2, 0.25) is 5.91 Å². The number of anilines is 1. The highest BCUT2D eigenvalue weighted by molar-refractivity contribution is 9.10. The summed E-state index contributed by atoms with van der Waals surface area (Å²) in [5.41, 5.74) is 0.880. The molecule has 2 amide bonds. The average molecular weight is 411 g/mol. The smallest absolute Gasteiger partial charge is 0.251 e. The van der Waals surface area contributed by atoms with Crippen molar-refractivity contribution in [1.82, 2.24) is 5.32 Å². The summed E-state index contributed by atoms with van der Waals surface area (Å²) >= 11 is 3.31. The molecule has 2 aromatic carbocycles. The highest BCUT2D eigenvalue weighted by Crippen LogP contribution is 2.20. The standard InChI is InChI=1S/C16H15BrN2O4S/c1-24(22,23)12-8-6-11(7-9-12)16(21)18-10-15(20)19-14-5-3-2-4-13(14)17/h2-9H,10H2,1H3,(H,18,21)(H,19,20). The zero-order valence-electron chi connectivity index (χ0n) is 12.7. The van der Waals surface area contributed by atoms with Gasteiger partial charge in [0.1, 0.15) is 0 Å². The molecule has 0 aliphatic carbocycles. The van der Waals surface area contributed by atoms with Crippen LogP contribution in [0.1, 0.15) is 10.4 Å². The second-order valence-electron chi connectivity index (χ2n) is 5.01. The summed E-state index contributed by atoms with van der Waals surface area (Å²) in [7, 11) is -3.31. The number of hydrogen-bond donors (Lipinski definition) is 2. The van der Waals surface area contributed by atoms with Crippen molar-refractivity contribution in [2.75, 3.05) is 18.1 Å². The van der Waals surface area contributed by atoms with Crippen LogP contribution in [0.3, 0.4) is 0 Å². The molecule has 24 heavy (non-hydrogen) atoms. The van der Waals surface area contributed by atoms with Crippen molar-refractivity contribution in [2.45, 2.75) is 4.90 Å². The normalized spacial score (nSPS) is 10.9. The maximum absolute atomic E-state index is 12.0. The van der Waals surface area contributed by atoms with E-state index in [0.717, 1.165) is 10.7 Å². The van der Waals surface area contributed by atoms with E-state index in [0.29, 0.717) is 5.69 Å². The molecule has 0 saturated heterocycles. The molecule has 0 fully saturated rings. The zero-order valence-corrected chi connectivity index (χ0v) is 15.1. The van der Waals surface area contributed by atoms with E-state index >= 15 is 0 Å². The van der Waals surface area contributed by atoms with Crippen LogP contribution in [-0.2, 0) is 14.6 Å². The molecule has 0 heterocycles. The fraction of sp³-hybridized carbons (Fsp3) is 0.125. The monoisotopic (exact) mass is 410 g/mol. The lowest BCUT2D eigenvalue weighted by atomic mass is 10.2. The first kappa shape index (κ1) is 18.2. The topological polar surface area (TPSA) is 92.3 Å². The van der Waals surface area contributed by atoms with Crippen LogP contribution in [-0.4, -0.2) is 33.0 Å². The molecule has 126 valence electrons. The number of nitrogens with one attached hydrogen (secondary N) is 2. The number of halogens is 1. The van der Waals surface area contributed by atoms with Gasteiger partial charge in [-0.2, -0.15) is 0 Å². The lowest BCUT2D eigenvalue weighted by molar-refractivity contribution is -0.115. The predicted molar refractivity (Wildman–Crippen MR) is 94.7 cm³/mol. The predicted octanol–water partition coefficient (Wildman–Crippen LogP) is 2.22. The molecule has 0 unspecified atom stereocenters. The second kappa shape index (κ2) is 7.59. The minimum atomic E-state index is -3.31. The molecule has 0 aromatic heterocycles. The molecule has 0 radical (unpaired) electrons. The molecule has 0 saturated carbocycles. The van der Waals surface area contributed by atoms with Crippen molar-refractivity contribution in [3.05, 3.63) is 58.6 Å². The maximum Gasteiger partial charge on any atom is 0.251 e. The van der Waals surface area contributed by atoms with Crippen molar-refractivity contribution in [2.24, 2.45) is 0 Å². The van der Waals surface area contributed by atoms with Crippen molar-refractivity contribution >= 4 is 43.3 Å². The summed E-state index contributed by atoms with van der Waals surface area (Å²) in [5.74, 6) is -0.833. The Morgan fingerprint density at radius 1 is 1.04 bits per heavy atom. The zero-order chi connectivity index (χ0) is 17.7. The van der Waals surface area contributed by atoms with E-state index in [1.807, 2.05) is 6.07 Å². The largest absolute Gasteiger partial charge is 0.343 e. The van der Waals surface area contributed by atoms with Crippen molar-refractivity contribution in [3.8, 4) is 0 Å². The van der Waals surface area contributed by atoms with E-state index < -0.39 is 15.7 Å². The Labute approximate surface area is 148 Å². The first-order valence-electron chi connectivity index (χ1n) is 6.90. The number of para-hydroxylation sites is 1. The molecular weight excluding hydrogens is 396 g/mol. The quantitative estimate of drug-likeness (QED) is 0.789. The number of sulfone groups is 1. The summed E-state index contributed by atoms with van der Waals surface area (Å²) in [6.45, 7) is -0.200. The third kappa shape index (κ3) is 4.90. The van der Waals surface area contributed by atoms with Crippen molar-refractivity contribution < 1.29 is 18.0 Å². The Hall–Kier alpha value is -2.19. The number of carbonyl (C=O) groups excluding carboxylic acids is 2. The van der Waals surface area contributed by atoms with Gasteiger partial charge in [0, 0.05) is 16.3 Å². The highest BCUT2D eigenvalue weighted by atomic mass is 79.9. The SMILES string of the molecule is CS(=O)(=O)c1ccc(C(=O)NCC(=O)Nc2ccccc2Br)cc1. The van der Waals surface area contributed by atoms with Crippen LogP contribution in [0.15, 0.2) is 57.9 Å². The third-order valence-corrected chi connectivity index (χ3v) is 4.92. The van der Waals surface area contributed by atoms with Crippen LogP contribution in [0, 0.1) is 0 Å². The first-order valence-corrected chi connectivity index (χ1v) is 9.58. The minimum Gasteiger partial charge on any atom is -0.343 e. The number of benzene rings is 2. The summed E-state index contributed by atoms with van der Waals surface area (Å²) < 4.78 is 23.5. The Morgan fingerprint density at radius 2 is 1.67 bits per heavy atom. The lowest BCUT2D eigenvalue weighted by Gasteiger charge is -2.08. The Bertz CT molecular complexity index is 864. The molecule has 0 bridgehead atoms. The highest BCUT2D eigenvalue weighted by Gasteiger charge is 2.11. The molecule has 0 aliphatic rings. The molecule has 2 rings (SSSR count). The van der Waals surface area contributed by atoms with Crippen LogP contribution in [0.2, 0.25) is 0 Å². The van der Waals surface area contributed by atoms with Crippen molar-refractivity contribution in [3.63, 3.8) is 0 Å². The van der Waals surface area contributed by atoms with Gasteiger partial charge in [-0.05, 0) is 52.3 Å². The van der Waals surface area contributed by atoms with E-state index in [1.54, 1.807) is 18.2 Å². The van der Waals surface area contributed by atoms with E-state index in [-0.39, 0.29) is 22.9 Å². The van der Waals surface area contributed by atoms with Gasteiger partial charge in [0.05, 0.1) is 17.1 Å². The number of carbonyl (C=O) groups is 2. The van der Waals surface area contributed by atoms with E-state index in [4.69, 9.17) is 0 Å². The third-order valence-electron chi connectivity index (χ3n) is 3.10. The van der Waals surface area contributed by atoms with E-state index in [9.17, 15) is 18.0 Å². The summed E-state index contributed by atoms with van der Waals surface area (Å²) in [4.78, 5) is 24.0. The molecule has 0 spiro atoms. The first-order chi connectivity index (χ1) is 11.3. The van der Waals surface area contributed by atoms with Gasteiger partial charge in [-0.25, -0.2) is 8.42 Å². The van der Waals surface area contributed by atoms with Gasteiger partial charge in [0.15, 0.2) is 9.84 Å². The fourth-order valence-electron chi connectivity index (χ4n) is 1.87. The van der Waals surface area contributed by atoms with Crippen molar-refractivity contribution in [1.29, 1.82) is 0 Å². The average Bonchev–Trinajstić information content (AvgIpc) is 2.54. The molecule has 2 aromatic rings. The Kier molecular flexibility index (Phi) is 5.74. The molecule has 0 aliphatic heterocycles. The molecule has 2 N–H and O–H groups in total. The number of amides is 2. The second-order valence-corrected chi connectivity index (χ2v) is 7.88. The summed E-state index contributed by atoms with van der Waals surface area (Å²) in [6, 6.07) is 12.6. The van der Waals surface area contributed by atoms with Gasteiger partial charge in [-0.1, -0.05) is 12.1 Å². The van der Waals surface area contributed by atoms with Crippen LogP contribution in [0.5, 0.6) is 0 Å². The molecule has 0 atom stereocenters. The Morgan fingerprint density at radius 3 is 2.25 bits per heavy atom. The van der Waals surface area contributed by atoms with Gasteiger partial charge < -0.3 is 10.6 Å². The molecule has 6 nitrogen and oxygen atoms in total. The van der Waals surface area contributed by atoms with Gasteiger partial charge in [0.25, 0.3) is 5.91 Å². The minimum absolute atomic E-state index is 0.130. The van der Waals surface area contributed by atoms with Crippen LogP contribution >= 0.6 is 15.9 Å². The van der Waals surface area contributed by atoms with Gasteiger partial charge in [-0.15, -0.1) is 0 Å². The molecular formula is C16H15BrN2O4S. The van der Waals surface area contributed by atoms with Crippen LogP contribution in [0.4, 0.5) is 5.69 Å². The Balaban J connectivity index is 1.93. The van der Waals surface area contributed by atoms with Crippen LogP contribution < -0.4 is 10.6 Å². The van der Waals surface area contributed by atoms with E-state index in [1.165, 1.54) is 24.3 Å². The van der Waals surface area contributed by atoms with Gasteiger partial charge >= 0.3 is 0 Å². The summed E-state index contributed by atoms with van der Waals surface area (Å²) in [5, 5.41) is 5.15. The summed E-state index contributed by atoms with van der Waals surface area (Å²) in [6.07, 6.45) is 1.09. The van der Waals surface area contributed by atoms with Crippen LogP contribution in [0.25, 0.3) is 0 Å². The molecule has 8 heteroatoms. The van der Waals surface area contributed by atoms with Gasteiger partial charge in [-0.3, -0.25) is 9.59 Å². The lowest BCUT2D eigenvalue weighted by Crippen LogP contribution is -2.32.